The zero-order valence-corrected chi connectivity index (χ0v) is 8.50. The van der Waals surface area contributed by atoms with E-state index in [4.69, 9.17) is 5.11 Å². The molecule has 2 N–H and O–H groups in total. The molecule has 0 saturated carbocycles. The number of aliphatic hydroxyl groups excluding tert-OH is 1. The number of rotatable bonds is 3. The highest BCUT2D eigenvalue weighted by molar-refractivity contribution is 5.78. The van der Waals surface area contributed by atoms with Gasteiger partial charge in [0.05, 0.1) is 5.52 Å². The second kappa shape index (κ2) is 4.28. The number of aliphatic carboxylic acids is 1. The number of pyridine rings is 1. The first kappa shape index (κ1) is 10.6. The van der Waals surface area contributed by atoms with Gasteiger partial charge in [-0.1, -0.05) is 24.3 Å². The molecule has 4 nitrogen and oxygen atoms in total. The first-order chi connectivity index (χ1) is 7.66. The highest BCUT2D eigenvalue weighted by Crippen LogP contribution is 2.12. The van der Waals surface area contributed by atoms with Gasteiger partial charge in [-0.05, 0) is 12.1 Å². The Morgan fingerprint density at radius 1 is 1.25 bits per heavy atom. The van der Waals surface area contributed by atoms with Gasteiger partial charge in [-0.3, -0.25) is 4.98 Å². The minimum absolute atomic E-state index is 0.0279. The van der Waals surface area contributed by atoms with E-state index in [-0.39, 0.29) is 6.42 Å². The molecule has 1 unspecified atom stereocenters. The molecule has 1 atom stereocenters. The summed E-state index contributed by atoms with van der Waals surface area (Å²) in [5, 5.41) is 18.8. The van der Waals surface area contributed by atoms with Crippen LogP contribution in [-0.4, -0.2) is 27.3 Å². The molecule has 2 rings (SSSR count). The fourth-order valence-electron chi connectivity index (χ4n) is 1.51. The smallest absolute Gasteiger partial charge is 0.332 e. The van der Waals surface area contributed by atoms with Crippen LogP contribution in [-0.2, 0) is 11.2 Å². The molecular weight excluding hydrogens is 206 g/mol. The maximum Gasteiger partial charge on any atom is 0.332 e. The van der Waals surface area contributed by atoms with E-state index >= 15 is 0 Å². The first-order valence-corrected chi connectivity index (χ1v) is 4.92. The van der Waals surface area contributed by atoms with E-state index < -0.39 is 12.1 Å². The lowest BCUT2D eigenvalue weighted by molar-refractivity contribution is -0.146. The molecule has 0 bridgehead atoms. The number of carbonyl (C=O) groups is 1. The number of carboxylic acids is 1. The van der Waals surface area contributed by atoms with E-state index in [1.807, 2.05) is 30.3 Å². The van der Waals surface area contributed by atoms with Crippen molar-refractivity contribution in [3.05, 3.63) is 42.1 Å². The SMILES string of the molecule is O=C(O)C(O)Cc1ccc2ccccc2n1. The highest BCUT2D eigenvalue weighted by atomic mass is 16.4. The van der Waals surface area contributed by atoms with E-state index in [1.165, 1.54) is 0 Å². The summed E-state index contributed by atoms with van der Waals surface area (Å²) in [6, 6.07) is 11.2. The molecule has 0 saturated heterocycles. The molecule has 0 aliphatic carbocycles. The number of aromatic nitrogens is 1. The molecule has 0 radical (unpaired) electrons. The highest BCUT2D eigenvalue weighted by Gasteiger charge is 2.14. The van der Waals surface area contributed by atoms with Crippen LogP contribution < -0.4 is 0 Å². The van der Waals surface area contributed by atoms with Gasteiger partial charge in [-0.2, -0.15) is 0 Å². The van der Waals surface area contributed by atoms with Gasteiger partial charge in [0.2, 0.25) is 0 Å². The topological polar surface area (TPSA) is 70.4 Å². The summed E-state index contributed by atoms with van der Waals surface area (Å²) < 4.78 is 0. The lowest BCUT2D eigenvalue weighted by atomic mass is 10.1. The van der Waals surface area contributed by atoms with Crippen molar-refractivity contribution in [2.24, 2.45) is 0 Å². The molecule has 0 aliphatic heterocycles. The van der Waals surface area contributed by atoms with Gasteiger partial charge >= 0.3 is 5.97 Å². The van der Waals surface area contributed by atoms with Crippen LogP contribution in [0.2, 0.25) is 0 Å². The molecule has 0 amide bonds. The Balaban J connectivity index is 2.29. The number of hydrogen-bond donors (Lipinski definition) is 2. The lowest BCUT2D eigenvalue weighted by Gasteiger charge is -2.05. The number of aliphatic hydroxyl groups is 1. The fraction of sp³-hybridized carbons (Fsp3) is 0.167. The number of para-hydroxylation sites is 1. The molecule has 0 fully saturated rings. The largest absolute Gasteiger partial charge is 0.479 e. The van der Waals surface area contributed by atoms with E-state index in [9.17, 15) is 9.90 Å². The molecule has 1 aromatic heterocycles. The van der Waals surface area contributed by atoms with Gasteiger partial charge in [0, 0.05) is 17.5 Å². The molecule has 2 aromatic rings. The van der Waals surface area contributed by atoms with Crippen LogP contribution in [0.25, 0.3) is 10.9 Å². The molecule has 16 heavy (non-hydrogen) atoms. The van der Waals surface area contributed by atoms with Crippen LogP contribution >= 0.6 is 0 Å². The van der Waals surface area contributed by atoms with Crippen LogP contribution in [0.4, 0.5) is 0 Å². The van der Waals surface area contributed by atoms with E-state index in [1.54, 1.807) is 6.07 Å². The maximum absolute atomic E-state index is 10.5. The Labute approximate surface area is 92.2 Å². The number of fused-ring (bicyclic) bond motifs is 1. The second-order valence-corrected chi connectivity index (χ2v) is 3.55. The van der Waals surface area contributed by atoms with Crippen molar-refractivity contribution < 1.29 is 15.0 Å². The number of benzene rings is 1. The van der Waals surface area contributed by atoms with Gasteiger partial charge in [0.15, 0.2) is 6.10 Å². The molecule has 0 spiro atoms. The van der Waals surface area contributed by atoms with Gasteiger partial charge in [-0.15, -0.1) is 0 Å². The number of carboxylic acid groups (broad SMARTS) is 1. The van der Waals surface area contributed by atoms with Gasteiger partial charge < -0.3 is 10.2 Å². The third-order valence-corrected chi connectivity index (χ3v) is 2.34. The summed E-state index contributed by atoms with van der Waals surface area (Å²) in [5.74, 6) is -1.23. The number of hydrogen-bond acceptors (Lipinski definition) is 3. The van der Waals surface area contributed by atoms with Crippen LogP contribution in [0.15, 0.2) is 36.4 Å². The monoisotopic (exact) mass is 217 g/mol. The van der Waals surface area contributed by atoms with Crippen molar-refractivity contribution in [3.63, 3.8) is 0 Å². The van der Waals surface area contributed by atoms with Crippen LogP contribution in [0.3, 0.4) is 0 Å². The third kappa shape index (κ3) is 2.17. The van der Waals surface area contributed by atoms with E-state index in [2.05, 4.69) is 4.98 Å². The second-order valence-electron chi connectivity index (χ2n) is 3.55. The average molecular weight is 217 g/mol. The van der Waals surface area contributed by atoms with E-state index in [0.717, 1.165) is 10.9 Å². The van der Waals surface area contributed by atoms with Crippen LogP contribution in [0.1, 0.15) is 5.69 Å². The van der Waals surface area contributed by atoms with Crippen molar-refractivity contribution in [2.45, 2.75) is 12.5 Å². The standard InChI is InChI=1S/C12H11NO3/c14-11(12(15)16)7-9-6-5-8-3-1-2-4-10(8)13-9/h1-6,11,14H,7H2,(H,15,16). The molecular formula is C12H11NO3. The van der Waals surface area contributed by atoms with Crippen molar-refractivity contribution in [1.29, 1.82) is 0 Å². The molecule has 0 aliphatic rings. The zero-order valence-electron chi connectivity index (χ0n) is 8.50. The number of nitrogens with zero attached hydrogens (tertiary/aromatic N) is 1. The molecule has 1 heterocycles. The van der Waals surface area contributed by atoms with Gasteiger partial charge in [0.25, 0.3) is 0 Å². The van der Waals surface area contributed by atoms with Crippen molar-refractivity contribution >= 4 is 16.9 Å². The minimum Gasteiger partial charge on any atom is -0.479 e. The quantitative estimate of drug-likeness (QED) is 0.811. The van der Waals surface area contributed by atoms with Crippen molar-refractivity contribution in [1.82, 2.24) is 4.98 Å². The Hall–Kier alpha value is -1.94. The Bertz CT molecular complexity index is 524. The summed E-state index contributed by atoms with van der Waals surface area (Å²) in [4.78, 5) is 14.8. The van der Waals surface area contributed by atoms with Crippen molar-refractivity contribution in [3.8, 4) is 0 Å². The lowest BCUT2D eigenvalue weighted by Crippen LogP contribution is -2.22. The Morgan fingerprint density at radius 2 is 2.00 bits per heavy atom. The third-order valence-electron chi connectivity index (χ3n) is 2.34. The summed E-state index contributed by atoms with van der Waals surface area (Å²) in [6.45, 7) is 0. The molecule has 4 heteroatoms. The summed E-state index contributed by atoms with van der Waals surface area (Å²) in [5.41, 5.74) is 1.38. The van der Waals surface area contributed by atoms with Gasteiger partial charge in [0.1, 0.15) is 0 Å². The van der Waals surface area contributed by atoms with Crippen LogP contribution in [0, 0.1) is 0 Å². The van der Waals surface area contributed by atoms with Crippen LogP contribution in [0.5, 0.6) is 0 Å². The van der Waals surface area contributed by atoms with E-state index in [0.29, 0.717) is 5.69 Å². The maximum atomic E-state index is 10.5. The predicted molar refractivity (Wildman–Crippen MR) is 59.1 cm³/mol. The minimum atomic E-state index is -1.39. The van der Waals surface area contributed by atoms with Crippen molar-refractivity contribution in [2.75, 3.05) is 0 Å². The summed E-state index contributed by atoms with van der Waals surface area (Å²) in [7, 11) is 0. The normalized spacial score (nSPS) is 12.6. The van der Waals surface area contributed by atoms with Gasteiger partial charge in [-0.25, -0.2) is 4.79 Å². The first-order valence-electron chi connectivity index (χ1n) is 4.92. The molecule has 1 aromatic carbocycles. The predicted octanol–water partition coefficient (Wildman–Crippen LogP) is 1.22. The summed E-state index contributed by atoms with van der Waals surface area (Å²) >= 11 is 0. The molecule has 82 valence electrons. The zero-order chi connectivity index (χ0) is 11.5. The Morgan fingerprint density at radius 3 is 2.75 bits per heavy atom. The Kier molecular flexibility index (Phi) is 2.83. The average Bonchev–Trinajstić information content (AvgIpc) is 2.28. The summed E-state index contributed by atoms with van der Waals surface area (Å²) in [6.07, 6.45) is -1.37. The fourth-order valence-corrected chi connectivity index (χ4v) is 1.51.